The van der Waals surface area contributed by atoms with E-state index in [0.717, 1.165) is 46.7 Å². The maximum atomic E-state index is 13.6. The van der Waals surface area contributed by atoms with Crippen molar-refractivity contribution in [2.75, 3.05) is 19.8 Å². The average Bonchev–Trinajstić information content (AvgIpc) is 3.44. The molecular formula is C30H38N4O6. The van der Waals surface area contributed by atoms with Gasteiger partial charge in [-0.2, -0.15) is 0 Å². The molecule has 3 fully saturated rings. The minimum absolute atomic E-state index is 0.00189. The molecule has 1 atom stereocenters. The molecular weight excluding hydrogens is 512 g/mol. The molecule has 1 aromatic heterocycles. The zero-order chi connectivity index (χ0) is 27.9. The van der Waals surface area contributed by atoms with Crippen molar-refractivity contribution in [2.24, 2.45) is 5.92 Å². The van der Waals surface area contributed by atoms with E-state index in [9.17, 15) is 9.59 Å². The number of aromatic nitrogens is 1. The number of allylic oxidation sites excluding steroid dienone is 1. The lowest BCUT2D eigenvalue weighted by Crippen LogP contribution is -2.44. The molecule has 3 heterocycles. The lowest BCUT2D eigenvalue weighted by Gasteiger charge is -2.32. The summed E-state index contributed by atoms with van der Waals surface area (Å²) in [6.45, 7) is 5.66. The van der Waals surface area contributed by atoms with E-state index in [1.807, 2.05) is 38.2 Å². The Labute approximate surface area is 233 Å². The highest BCUT2D eigenvalue weighted by Crippen LogP contribution is 2.42. The van der Waals surface area contributed by atoms with Gasteiger partial charge in [-0.1, -0.05) is 0 Å². The summed E-state index contributed by atoms with van der Waals surface area (Å²) in [4.78, 5) is 27.8. The number of ether oxygens (including phenoxy) is 3. The van der Waals surface area contributed by atoms with Crippen LogP contribution in [0.25, 0.3) is 5.57 Å². The second-order valence-electron chi connectivity index (χ2n) is 11.5. The monoisotopic (exact) mass is 550 g/mol. The van der Waals surface area contributed by atoms with Crippen LogP contribution in [0.3, 0.4) is 0 Å². The van der Waals surface area contributed by atoms with E-state index in [-0.39, 0.29) is 24.0 Å². The van der Waals surface area contributed by atoms with Gasteiger partial charge in [-0.15, -0.1) is 0 Å². The number of amides is 2. The Morgan fingerprint density at radius 3 is 2.40 bits per heavy atom. The summed E-state index contributed by atoms with van der Waals surface area (Å²) in [7, 11) is 0. The average molecular weight is 551 g/mol. The van der Waals surface area contributed by atoms with E-state index in [4.69, 9.17) is 19.3 Å². The van der Waals surface area contributed by atoms with Gasteiger partial charge >= 0.3 is 6.09 Å². The first-order valence-corrected chi connectivity index (χ1v) is 14.3. The molecule has 0 radical (unpaired) electrons. The van der Waals surface area contributed by atoms with Gasteiger partial charge in [0, 0.05) is 40.7 Å². The van der Waals surface area contributed by atoms with Gasteiger partial charge in [-0.25, -0.2) is 4.79 Å². The molecule has 0 spiro atoms. The molecule has 40 heavy (non-hydrogen) atoms. The molecule has 4 aliphatic rings. The fourth-order valence-electron chi connectivity index (χ4n) is 6.10. The molecule has 10 nitrogen and oxygen atoms in total. The standard InChI is InChI=1S/C30H38N4O6/c1-17-25(28(35)33-20-6-8-21(9-7-20)34-29(36)37)27-22(11-12-31-27)26(32-17)23-15-19(30(2)39-13-14-40-30)5-10-24(23)38-16-18-3-4-18/h5,10-12,15,18,20-21,26,31-32,34H,3-4,6-9,13-14,16H2,1-2H3,(H,33,35)(H,36,37). The first-order chi connectivity index (χ1) is 19.3. The van der Waals surface area contributed by atoms with Gasteiger partial charge in [-0.05, 0) is 82.6 Å². The zero-order valence-electron chi connectivity index (χ0n) is 23.0. The highest BCUT2D eigenvalue weighted by Gasteiger charge is 2.37. The molecule has 2 saturated carbocycles. The summed E-state index contributed by atoms with van der Waals surface area (Å²) in [5, 5.41) is 18.3. The Morgan fingerprint density at radius 1 is 1.02 bits per heavy atom. The second kappa shape index (κ2) is 10.8. The maximum absolute atomic E-state index is 13.6. The first kappa shape index (κ1) is 26.7. The number of carboxylic acid groups (broad SMARTS) is 1. The minimum atomic E-state index is -1.00. The van der Waals surface area contributed by atoms with E-state index < -0.39 is 11.9 Å². The molecule has 1 saturated heterocycles. The smallest absolute Gasteiger partial charge is 0.404 e. The Morgan fingerprint density at radius 2 is 1.73 bits per heavy atom. The van der Waals surface area contributed by atoms with Gasteiger partial charge in [-0.3, -0.25) is 4.79 Å². The van der Waals surface area contributed by atoms with Gasteiger partial charge < -0.3 is 40.3 Å². The highest BCUT2D eigenvalue weighted by atomic mass is 16.7. The van der Waals surface area contributed by atoms with Crippen molar-refractivity contribution in [1.82, 2.24) is 20.9 Å². The molecule has 6 rings (SSSR count). The van der Waals surface area contributed by atoms with Gasteiger partial charge in [0.1, 0.15) is 5.75 Å². The van der Waals surface area contributed by atoms with Crippen molar-refractivity contribution in [3.05, 3.63) is 58.5 Å². The van der Waals surface area contributed by atoms with Crippen LogP contribution in [-0.2, 0) is 20.1 Å². The van der Waals surface area contributed by atoms with Crippen LogP contribution in [0.2, 0.25) is 0 Å². The highest BCUT2D eigenvalue weighted by molar-refractivity contribution is 6.20. The van der Waals surface area contributed by atoms with Crippen molar-refractivity contribution < 1.29 is 28.9 Å². The van der Waals surface area contributed by atoms with Gasteiger partial charge in [0.2, 0.25) is 0 Å². The number of benzene rings is 1. The Bertz CT molecular complexity index is 1300. The van der Waals surface area contributed by atoms with E-state index in [1.54, 1.807) is 0 Å². The minimum Gasteiger partial charge on any atom is -0.493 e. The lowest BCUT2D eigenvalue weighted by molar-refractivity contribution is -0.149. The van der Waals surface area contributed by atoms with Crippen LogP contribution < -0.4 is 20.7 Å². The number of nitrogens with one attached hydrogen (secondary N) is 4. The fraction of sp³-hybridized carbons (Fsp3) is 0.533. The third kappa shape index (κ3) is 5.42. The van der Waals surface area contributed by atoms with Crippen molar-refractivity contribution >= 4 is 17.6 Å². The van der Waals surface area contributed by atoms with Crippen LogP contribution in [0.4, 0.5) is 4.79 Å². The topological polar surface area (TPSA) is 134 Å². The van der Waals surface area contributed by atoms with Crippen LogP contribution in [0.15, 0.2) is 36.2 Å². The summed E-state index contributed by atoms with van der Waals surface area (Å²) >= 11 is 0. The van der Waals surface area contributed by atoms with Crippen LogP contribution in [0.5, 0.6) is 5.75 Å². The molecule has 1 unspecified atom stereocenters. The van der Waals surface area contributed by atoms with Crippen LogP contribution >= 0.6 is 0 Å². The molecule has 2 aliphatic heterocycles. The van der Waals surface area contributed by atoms with E-state index in [1.165, 1.54) is 12.8 Å². The summed E-state index contributed by atoms with van der Waals surface area (Å²) in [6.07, 6.45) is 6.14. The van der Waals surface area contributed by atoms with Crippen LogP contribution in [0.1, 0.15) is 80.8 Å². The predicted molar refractivity (Wildman–Crippen MR) is 148 cm³/mol. The van der Waals surface area contributed by atoms with Crippen molar-refractivity contribution in [3.63, 3.8) is 0 Å². The molecule has 5 N–H and O–H groups in total. The number of carbonyl (C=O) groups is 2. The number of carbonyl (C=O) groups excluding carboxylic acids is 1. The van der Waals surface area contributed by atoms with Crippen molar-refractivity contribution in [3.8, 4) is 5.75 Å². The van der Waals surface area contributed by atoms with E-state index in [2.05, 4.69) is 27.0 Å². The Hall–Kier alpha value is -3.50. The third-order valence-corrected chi connectivity index (χ3v) is 8.55. The van der Waals surface area contributed by atoms with Crippen LogP contribution in [-0.4, -0.2) is 54.0 Å². The molecule has 2 amide bonds. The van der Waals surface area contributed by atoms with Crippen molar-refractivity contribution in [2.45, 2.75) is 76.3 Å². The number of hydrogen-bond acceptors (Lipinski definition) is 6. The first-order valence-electron chi connectivity index (χ1n) is 14.3. The molecule has 0 bridgehead atoms. The van der Waals surface area contributed by atoms with Crippen LogP contribution in [0, 0.1) is 5.92 Å². The summed E-state index contributed by atoms with van der Waals surface area (Å²) in [5.41, 5.74) is 5.03. The van der Waals surface area contributed by atoms with Crippen molar-refractivity contribution in [1.29, 1.82) is 0 Å². The van der Waals surface area contributed by atoms with Gasteiger partial charge in [0.25, 0.3) is 5.91 Å². The van der Waals surface area contributed by atoms with E-state index >= 15 is 0 Å². The van der Waals surface area contributed by atoms with Gasteiger partial charge in [0.15, 0.2) is 5.79 Å². The predicted octanol–water partition coefficient (Wildman–Crippen LogP) is 4.14. The molecule has 10 heteroatoms. The number of rotatable bonds is 8. The number of hydrogen-bond donors (Lipinski definition) is 5. The Kier molecular flexibility index (Phi) is 7.22. The lowest BCUT2D eigenvalue weighted by atomic mass is 9.88. The Balaban J connectivity index is 1.25. The number of H-pyrrole nitrogens is 1. The molecule has 214 valence electrons. The third-order valence-electron chi connectivity index (χ3n) is 8.55. The largest absolute Gasteiger partial charge is 0.493 e. The quantitative estimate of drug-likeness (QED) is 0.334. The second-order valence-corrected chi connectivity index (χ2v) is 11.5. The number of aromatic amines is 1. The fourth-order valence-corrected chi connectivity index (χ4v) is 6.10. The molecule has 2 aromatic rings. The molecule has 1 aromatic carbocycles. The zero-order valence-corrected chi connectivity index (χ0v) is 23.0. The summed E-state index contributed by atoms with van der Waals surface area (Å²) in [6, 6.07) is 7.85. The normalized spacial score (nSPS) is 25.6. The number of fused-ring (bicyclic) bond motifs is 1. The summed E-state index contributed by atoms with van der Waals surface area (Å²) in [5.74, 6) is 0.477. The molecule has 2 aliphatic carbocycles. The SMILES string of the molecule is CC1=C(C(=O)NC2CCC(NC(=O)O)CC2)c2[nH]ccc2C(c2cc(C3(C)OCCO3)ccc2OCC2CC2)N1. The van der Waals surface area contributed by atoms with E-state index in [0.29, 0.717) is 44.2 Å². The maximum Gasteiger partial charge on any atom is 0.404 e. The summed E-state index contributed by atoms with van der Waals surface area (Å²) < 4.78 is 18.2. The van der Waals surface area contributed by atoms with Gasteiger partial charge in [0.05, 0.1) is 37.1 Å².